The van der Waals surface area contributed by atoms with Gasteiger partial charge in [-0.1, -0.05) is 0 Å². The second kappa shape index (κ2) is 4.87. The van der Waals surface area contributed by atoms with Crippen molar-refractivity contribution in [3.63, 3.8) is 0 Å². The van der Waals surface area contributed by atoms with E-state index in [2.05, 4.69) is 9.97 Å². The first kappa shape index (κ1) is 12.1. The molecule has 18 heavy (non-hydrogen) atoms. The van der Waals surface area contributed by atoms with Crippen LogP contribution in [0.3, 0.4) is 0 Å². The quantitative estimate of drug-likeness (QED) is 0.823. The third-order valence-corrected chi connectivity index (χ3v) is 2.68. The number of nitrogens with one attached hydrogen (secondary N) is 1. The summed E-state index contributed by atoms with van der Waals surface area (Å²) in [5, 5.41) is 0. The van der Waals surface area contributed by atoms with Gasteiger partial charge in [-0.2, -0.15) is 0 Å². The van der Waals surface area contributed by atoms with Crippen molar-refractivity contribution in [3.05, 3.63) is 30.1 Å². The molecule has 0 saturated heterocycles. The number of aromatic amines is 1. The number of benzene rings is 1. The highest BCUT2D eigenvalue weighted by molar-refractivity contribution is 5.98. The predicted octanol–water partition coefficient (Wildman–Crippen LogP) is 0.510. The van der Waals surface area contributed by atoms with Crippen LogP contribution in [0.15, 0.2) is 24.5 Å². The largest absolute Gasteiger partial charge is 0.368 e. The Morgan fingerprint density at radius 2 is 2.22 bits per heavy atom. The number of H-pyrrole nitrogens is 1. The summed E-state index contributed by atoms with van der Waals surface area (Å²) in [7, 11) is 0. The fraction of sp³-hybridized carbons (Fsp3) is 0.250. The number of hydrogen-bond donors (Lipinski definition) is 2. The average molecular weight is 246 g/mol. The SMILES string of the molecule is CCN(CC(N)=O)C(=O)c1ccc2nc[nH]c2c1. The zero-order valence-electron chi connectivity index (χ0n) is 10.0. The molecule has 0 atom stereocenters. The summed E-state index contributed by atoms with van der Waals surface area (Å²) >= 11 is 0. The van der Waals surface area contributed by atoms with E-state index < -0.39 is 5.91 Å². The molecule has 6 heteroatoms. The minimum absolute atomic E-state index is 0.0731. The summed E-state index contributed by atoms with van der Waals surface area (Å²) in [6, 6.07) is 5.17. The molecule has 94 valence electrons. The number of carbonyl (C=O) groups is 2. The lowest BCUT2D eigenvalue weighted by molar-refractivity contribution is -0.118. The molecule has 2 rings (SSSR count). The van der Waals surface area contributed by atoms with Gasteiger partial charge in [0.05, 0.1) is 23.9 Å². The molecule has 3 N–H and O–H groups in total. The van der Waals surface area contributed by atoms with Gasteiger partial charge < -0.3 is 15.6 Å². The van der Waals surface area contributed by atoms with Crippen LogP contribution in [0.5, 0.6) is 0 Å². The van der Waals surface area contributed by atoms with Gasteiger partial charge in [-0.3, -0.25) is 9.59 Å². The fourth-order valence-corrected chi connectivity index (χ4v) is 1.77. The number of imidazole rings is 1. The van der Waals surface area contributed by atoms with Gasteiger partial charge in [0.15, 0.2) is 0 Å². The van der Waals surface area contributed by atoms with E-state index in [0.717, 1.165) is 11.0 Å². The number of likely N-dealkylation sites (N-methyl/N-ethyl adjacent to an activating group) is 1. The second-order valence-electron chi connectivity index (χ2n) is 3.92. The van der Waals surface area contributed by atoms with Crippen LogP contribution in [0.25, 0.3) is 11.0 Å². The second-order valence-corrected chi connectivity index (χ2v) is 3.92. The van der Waals surface area contributed by atoms with Crippen molar-refractivity contribution in [1.29, 1.82) is 0 Å². The lowest BCUT2D eigenvalue weighted by atomic mass is 10.1. The Hall–Kier alpha value is -2.37. The first-order valence-corrected chi connectivity index (χ1v) is 5.62. The van der Waals surface area contributed by atoms with Gasteiger partial charge in [0, 0.05) is 12.1 Å². The Labute approximate surface area is 104 Å². The molecule has 0 fully saturated rings. The molecule has 0 unspecified atom stereocenters. The van der Waals surface area contributed by atoms with Gasteiger partial charge in [0.2, 0.25) is 5.91 Å². The van der Waals surface area contributed by atoms with Crippen molar-refractivity contribution >= 4 is 22.8 Å². The number of carbonyl (C=O) groups excluding carboxylic acids is 2. The van der Waals surface area contributed by atoms with E-state index >= 15 is 0 Å². The highest BCUT2D eigenvalue weighted by Gasteiger charge is 2.16. The molecule has 6 nitrogen and oxygen atoms in total. The number of amides is 2. The Balaban J connectivity index is 2.28. The Kier molecular flexibility index (Phi) is 3.27. The first-order valence-electron chi connectivity index (χ1n) is 5.62. The predicted molar refractivity (Wildman–Crippen MR) is 66.9 cm³/mol. The lowest BCUT2D eigenvalue weighted by Crippen LogP contribution is -2.38. The maximum atomic E-state index is 12.2. The minimum Gasteiger partial charge on any atom is -0.368 e. The number of rotatable bonds is 4. The maximum Gasteiger partial charge on any atom is 0.254 e. The highest BCUT2D eigenvalue weighted by atomic mass is 16.2. The van der Waals surface area contributed by atoms with E-state index in [4.69, 9.17) is 5.73 Å². The van der Waals surface area contributed by atoms with Crippen molar-refractivity contribution in [2.75, 3.05) is 13.1 Å². The number of nitrogens with zero attached hydrogens (tertiary/aromatic N) is 2. The van der Waals surface area contributed by atoms with E-state index in [9.17, 15) is 9.59 Å². The molecule has 2 amide bonds. The van der Waals surface area contributed by atoms with Gasteiger partial charge in [0.1, 0.15) is 0 Å². The van der Waals surface area contributed by atoms with Crippen molar-refractivity contribution < 1.29 is 9.59 Å². The maximum absolute atomic E-state index is 12.2. The molecule has 0 saturated carbocycles. The number of primary amides is 1. The molecule has 0 spiro atoms. The monoisotopic (exact) mass is 246 g/mol. The molecule has 1 heterocycles. The molecule has 0 aliphatic carbocycles. The zero-order valence-corrected chi connectivity index (χ0v) is 10.0. The van der Waals surface area contributed by atoms with Crippen molar-refractivity contribution in [2.45, 2.75) is 6.92 Å². The lowest BCUT2D eigenvalue weighted by Gasteiger charge is -2.18. The third kappa shape index (κ3) is 2.32. The molecule has 0 bridgehead atoms. The van der Waals surface area contributed by atoms with Gasteiger partial charge in [-0.05, 0) is 25.1 Å². The Bertz CT molecular complexity index is 591. The zero-order chi connectivity index (χ0) is 13.1. The third-order valence-electron chi connectivity index (χ3n) is 2.68. The molecule has 1 aromatic heterocycles. The van der Waals surface area contributed by atoms with Crippen LogP contribution < -0.4 is 5.73 Å². The van der Waals surface area contributed by atoms with E-state index in [1.165, 1.54) is 4.90 Å². The van der Waals surface area contributed by atoms with Crippen LogP contribution in [0, 0.1) is 0 Å². The smallest absolute Gasteiger partial charge is 0.254 e. The molecule has 2 aromatic rings. The van der Waals surface area contributed by atoms with Crippen LogP contribution in [0.4, 0.5) is 0 Å². The summed E-state index contributed by atoms with van der Waals surface area (Å²) in [5.74, 6) is -0.736. The summed E-state index contributed by atoms with van der Waals surface area (Å²) in [4.78, 5) is 31.5. The van der Waals surface area contributed by atoms with Crippen LogP contribution in [-0.2, 0) is 4.79 Å². The van der Waals surface area contributed by atoms with E-state index in [-0.39, 0.29) is 12.5 Å². The number of fused-ring (bicyclic) bond motifs is 1. The summed E-state index contributed by atoms with van der Waals surface area (Å²) in [5.41, 5.74) is 7.20. The van der Waals surface area contributed by atoms with E-state index in [0.29, 0.717) is 12.1 Å². The summed E-state index contributed by atoms with van der Waals surface area (Å²) in [6.45, 7) is 2.16. The topological polar surface area (TPSA) is 92.1 Å². The molecule has 0 radical (unpaired) electrons. The van der Waals surface area contributed by atoms with Crippen LogP contribution in [-0.4, -0.2) is 39.8 Å². The average Bonchev–Trinajstić information content (AvgIpc) is 2.81. The minimum atomic E-state index is -0.521. The summed E-state index contributed by atoms with van der Waals surface area (Å²) in [6.07, 6.45) is 1.57. The van der Waals surface area contributed by atoms with Gasteiger partial charge in [-0.25, -0.2) is 4.98 Å². The Morgan fingerprint density at radius 3 is 2.89 bits per heavy atom. The number of aromatic nitrogens is 2. The summed E-state index contributed by atoms with van der Waals surface area (Å²) < 4.78 is 0. The fourth-order valence-electron chi connectivity index (χ4n) is 1.77. The first-order chi connectivity index (χ1) is 8.61. The molecule has 0 aliphatic heterocycles. The standard InChI is InChI=1S/C12H14N4O2/c1-2-16(6-11(13)17)12(18)8-3-4-9-10(5-8)15-7-14-9/h3-5,7H,2,6H2,1H3,(H2,13,17)(H,14,15). The van der Waals surface area contributed by atoms with Crippen molar-refractivity contribution in [2.24, 2.45) is 5.73 Å². The van der Waals surface area contributed by atoms with Gasteiger partial charge in [0.25, 0.3) is 5.91 Å². The van der Waals surface area contributed by atoms with Crippen molar-refractivity contribution in [1.82, 2.24) is 14.9 Å². The van der Waals surface area contributed by atoms with Gasteiger partial charge in [-0.15, -0.1) is 0 Å². The highest BCUT2D eigenvalue weighted by Crippen LogP contribution is 2.13. The number of hydrogen-bond acceptors (Lipinski definition) is 3. The van der Waals surface area contributed by atoms with E-state index in [1.807, 2.05) is 0 Å². The number of nitrogens with two attached hydrogens (primary N) is 1. The molecular formula is C12H14N4O2. The Morgan fingerprint density at radius 1 is 1.44 bits per heavy atom. The normalized spacial score (nSPS) is 10.5. The van der Waals surface area contributed by atoms with Crippen molar-refractivity contribution in [3.8, 4) is 0 Å². The van der Waals surface area contributed by atoms with Crippen LogP contribution in [0.2, 0.25) is 0 Å². The molecule has 0 aliphatic rings. The van der Waals surface area contributed by atoms with Crippen LogP contribution >= 0.6 is 0 Å². The van der Waals surface area contributed by atoms with Gasteiger partial charge >= 0.3 is 0 Å². The van der Waals surface area contributed by atoms with E-state index in [1.54, 1.807) is 31.5 Å². The molecule has 1 aromatic carbocycles. The molecular weight excluding hydrogens is 232 g/mol. The van der Waals surface area contributed by atoms with Crippen LogP contribution in [0.1, 0.15) is 17.3 Å².